The number of hydrogen-bond acceptors (Lipinski definition) is 6. The predicted octanol–water partition coefficient (Wildman–Crippen LogP) is 3.78. The standard InChI is InChI=1S/C27H23N3O4S/c1-16-9-14-21(34-16)24-23(25(31)29-19-7-5-4-6-8-19)17(2)28-27-30(24)26(32)22(35-27)15-18-10-12-20(33-3)13-11-18/h4-15,24H,1-3H3,(H,29,31). The summed E-state index contributed by atoms with van der Waals surface area (Å²) >= 11 is 1.28. The van der Waals surface area contributed by atoms with Gasteiger partial charge in [-0.3, -0.25) is 14.2 Å². The van der Waals surface area contributed by atoms with Gasteiger partial charge >= 0.3 is 0 Å². The Kier molecular flexibility index (Phi) is 5.96. The number of nitrogens with one attached hydrogen (secondary N) is 1. The second-order valence-corrected chi connectivity index (χ2v) is 9.13. The van der Waals surface area contributed by atoms with Gasteiger partial charge in [0.2, 0.25) is 0 Å². The molecule has 1 N–H and O–H groups in total. The van der Waals surface area contributed by atoms with Gasteiger partial charge in [-0.25, -0.2) is 4.99 Å². The average Bonchev–Trinajstić information content (AvgIpc) is 3.42. The lowest BCUT2D eigenvalue weighted by Gasteiger charge is -2.23. The molecule has 1 aliphatic heterocycles. The fourth-order valence-corrected chi connectivity index (χ4v) is 5.10. The number of aromatic nitrogens is 1. The Balaban J connectivity index is 1.64. The summed E-state index contributed by atoms with van der Waals surface area (Å²) in [6, 6.07) is 19.5. The summed E-state index contributed by atoms with van der Waals surface area (Å²) in [6.45, 7) is 3.61. The first-order valence-electron chi connectivity index (χ1n) is 11.0. The summed E-state index contributed by atoms with van der Waals surface area (Å²) in [7, 11) is 1.61. The van der Waals surface area contributed by atoms with Crippen molar-refractivity contribution in [2.45, 2.75) is 19.9 Å². The van der Waals surface area contributed by atoms with E-state index in [9.17, 15) is 9.59 Å². The Morgan fingerprint density at radius 2 is 1.83 bits per heavy atom. The smallest absolute Gasteiger partial charge is 0.271 e. The Labute approximate surface area is 205 Å². The molecule has 176 valence electrons. The highest BCUT2D eigenvalue weighted by atomic mass is 32.1. The molecule has 0 saturated heterocycles. The number of ether oxygens (including phenoxy) is 1. The van der Waals surface area contributed by atoms with Crippen LogP contribution in [-0.2, 0) is 4.79 Å². The molecule has 35 heavy (non-hydrogen) atoms. The number of methoxy groups -OCH3 is 1. The molecule has 0 spiro atoms. The molecule has 2 aromatic heterocycles. The Morgan fingerprint density at radius 1 is 1.09 bits per heavy atom. The first kappa shape index (κ1) is 22.6. The number of para-hydroxylation sites is 1. The van der Waals surface area contributed by atoms with Gasteiger partial charge in [-0.1, -0.05) is 41.7 Å². The summed E-state index contributed by atoms with van der Waals surface area (Å²) in [5.74, 6) is 1.60. The molecule has 1 amide bonds. The largest absolute Gasteiger partial charge is 0.497 e. The molecule has 0 saturated carbocycles. The highest BCUT2D eigenvalue weighted by Crippen LogP contribution is 2.31. The van der Waals surface area contributed by atoms with Crippen molar-refractivity contribution in [3.63, 3.8) is 0 Å². The minimum absolute atomic E-state index is 0.235. The number of carbonyl (C=O) groups is 1. The average molecular weight is 486 g/mol. The first-order chi connectivity index (χ1) is 16.9. The molecule has 4 aromatic rings. The van der Waals surface area contributed by atoms with Crippen molar-refractivity contribution in [1.29, 1.82) is 0 Å². The number of nitrogens with zero attached hydrogens (tertiary/aromatic N) is 2. The maximum absolute atomic E-state index is 13.6. The zero-order valence-electron chi connectivity index (χ0n) is 19.4. The summed E-state index contributed by atoms with van der Waals surface area (Å²) in [5.41, 5.74) is 2.19. The quantitative estimate of drug-likeness (QED) is 0.466. The molecule has 7 nitrogen and oxygen atoms in total. The number of allylic oxidation sites excluding steroid dienone is 1. The fraction of sp³-hybridized carbons (Fsp3) is 0.148. The second-order valence-electron chi connectivity index (χ2n) is 8.12. The lowest BCUT2D eigenvalue weighted by molar-refractivity contribution is -0.113. The van der Waals surface area contributed by atoms with Crippen LogP contribution < -0.4 is 24.9 Å². The molecule has 0 fully saturated rings. The van der Waals surface area contributed by atoms with Gasteiger partial charge in [-0.15, -0.1) is 0 Å². The fourth-order valence-electron chi connectivity index (χ4n) is 4.05. The third kappa shape index (κ3) is 4.36. The summed E-state index contributed by atoms with van der Waals surface area (Å²) < 4.78 is 13.2. The van der Waals surface area contributed by atoms with Gasteiger partial charge in [0.15, 0.2) is 4.80 Å². The summed E-state index contributed by atoms with van der Waals surface area (Å²) in [4.78, 5) is 32.2. The summed E-state index contributed by atoms with van der Waals surface area (Å²) in [6.07, 6.45) is 1.82. The topological polar surface area (TPSA) is 85.8 Å². The van der Waals surface area contributed by atoms with Crippen molar-refractivity contribution in [2.75, 3.05) is 12.4 Å². The van der Waals surface area contributed by atoms with Gasteiger partial charge in [0, 0.05) is 5.69 Å². The lowest BCUT2D eigenvalue weighted by atomic mass is 10.00. The molecular formula is C27H23N3O4S. The number of anilines is 1. The molecule has 1 unspecified atom stereocenters. The molecule has 1 aliphatic rings. The Hall–Kier alpha value is -4.17. The van der Waals surface area contributed by atoms with Crippen molar-refractivity contribution in [1.82, 2.24) is 4.57 Å². The van der Waals surface area contributed by atoms with E-state index in [1.54, 1.807) is 24.7 Å². The molecule has 5 rings (SSSR count). The zero-order valence-corrected chi connectivity index (χ0v) is 20.3. The van der Waals surface area contributed by atoms with Crippen molar-refractivity contribution < 1.29 is 13.9 Å². The van der Waals surface area contributed by atoms with Crippen molar-refractivity contribution in [3.05, 3.63) is 115 Å². The number of carbonyl (C=O) groups excluding carboxylic acids is 1. The van der Waals surface area contributed by atoms with Crippen molar-refractivity contribution in [2.24, 2.45) is 4.99 Å². The summed E-state index contributed by atoms with van der Waals surface area (Å²) in [5, 5.41) is 2.93. The Morgan fingerprint density at radius 3 is 2.49 bits per heavy atom. The van der Waals surface area contributed by atoms with Crippen LogP contribution in [0.2, 0.25) is 0 Å². The number of fused-ring (bicyclic) bond motifs is 1. The van der Waals surface area contributed by atoms with Gasteiger partial charge in [0.25, 0.3) is 11.5 Å². The molecule has 2 aromatic carbocycles. The van der Waals surface area contributed by atoms with Gasteiger partial charge in [-0.2, -0.15) is 0 Å². The molecule has 0 bridgehead atoms. The van der Waals surface area contributed by atoms with Crippen LogP contribution in [0.1, 0.15) is 30.0 Å². The maximum Gasteiger partial charge on any atom is 0.271 e. The van der Waals surface area contributed by atoms with E-state index in [1.165, 1.54) is 11.3 Å². The van der Waals surface area contributed by atoms with E-state index in [0.29, 0.717) is 37.8 Å². The minimum Gasteiger partial charge on any atom is -0.497 e. The van der Waals surface area contributed by atoms with Crippen molar-refractivity contribution >= 4 is 29.0 Å². The first-order valence-corrected chi connectivity index (χ1v) is 11.9. The van der Waals surface area contributed by atoms with E-state index in [-0.39, 0.29) is 11.5 Å². The third-order valence-electron chi connectivity index (χ3n) is 5.74. The van der Waals surface area contributed by atoms with E-state index in [4.69, 9.17) is 9.15 Å². The number of rotatable bonds is 5. The number of furan rings is 1. The van der Waals surface area contributed by atoms with Gasteiger partial charge in [0.05, 0.1) is 22.9 Å². The molecule has 0 aliphatic carbocycles. The highest BCUT2D eigenvalue weighted by Gasteiger charge is 2.34. The van der Waals surface area contributed by atoms with Gasteiger partial charge in [0.1, 0.15) is 23.3 Å². The molecule has 8 heteroatoms. The van der Waals surface area contributed by atoms with Crippen LogP contribution in [0.5, 0.6) is 5.75 Å². The predicted molar refractivity (Wildman–Crippen MR) is 135 cm³/mol. The molecular weight excluding hydrogens is 462 g/mol. The molecule has 0 radical (unpaired) electrons. The van der Waals surface area contributed by atoms with Crippen LogP contribution in [0.3, 0.4) is 0 Å². The van der Waals surface area contributed by atoms with Crippen LogP contribution in [0.25, 0.3) is 6.08 Å². The number of benzene rings is 2. The number of thiazole rings is 1. The third-order valence-corrected chi connectivity index (χ3v) is 6.73. The number of aryl methyl sites for hydroxylation is 1. The molecule has 1 atom stereocenters. The van der Waals surface area contributed by atoms with Crippen LogP contribution in [0, 0.1) is 6.92 Å². The SMILES string of the molecule is COc1ccc(C=c2sc3n(c2=O)C(c2ccc(C)o2)C(C(=O)Nc2ccccc2)=C(C)N=3)cc1. The number of amides is 1. The monoisotopic (exact) mass is 485 g/mol. The number of hydrogen-bond donors (Lipinski definition) is 1. The van der Waals surface area contributed by atoms with E-state index in [2.05, 4.69) is 10.3 Å². The second kappa shape index (κ2) is 9.23. The van der Waals surface area contributed by atoms with E-state index in [0.717, 1.165) is 11.3 Å². The van der Waals surface area contributed by atoms with Gasteiger partial charge in [-0.05, 0) is 61.9 Å². The van der Waals surface area contributed by atoms with Crippen LogP contribution in [0.4, 0.5) is 5.69 Å². The van der Waals surface area contributed by atoms with E-state index >= 15 is 0 Å². The molecule has 3 heterocycles. The van der Waals surface area contributed by atoms with E-state index in [1.807, 2.05) is 73.7 Å². The van der Waals surface area contributed by atoms with Crippen LogP contribution in [0.15, 0.2) is 92.2 Å². The highest BCUT2D eigenvalue weighted by molar-refractivity contribution is 7.07. The van der Waals surface area contributed by atoms with Crippen LogP contribution in [-0.4, -0.2) is 17.6 Å². The van der Waals surface area contributed by atoms with Gasteiger partial charge < -0.3 is 14.5 Å². The zero-order chi connectivity index (χ0) is 24.5. The maximum atomic E-state index is 13.6. The normalized spacial score (nSPS) is 15.5. The van der Waals surface area contributed by atoms with Crippen molar-refractivity contribution in [3.8, 4) is 5.75 Å². The minimum atomic E-state index is -0.735. The lowest BCUT2D eigenvalue weighted by Crippen LogP contribution is -2.40. The van der Waals surface area contributed by atoms with Crippen LogP contribution >= 0.6 is 11.3 Å². The van der Waals surface area contributed by atoms with E-state index < -0.39 is 6.04 Å². The Bertz CT molecular complexity index is 1610.